The van der Waals surface area contributed by atoms with E-state index in [0.717, 1.165) is 64.9 Å². The Labute approximate surface area is 329 Å². The Morgan fingerprint density at radius 2 is 1.81 bits per heavy atom. The van der Waals surface area contributed by atoms with Gasteiger partial charge in [0, 0.05) is 69.6 Å². The Balaban J connectivity index is 0.000000279. The van der Waals surface area contributed by atoms with Crippen molar-refractivity contribution < 1.29 is 31.3 Å². The molecule has 1 N–H and O–H groups in total. The quantitative estimate of drug-likeness (QED) is 0.186. The first-order valence-electron chi connectivity index (χ1n) is 17.6. The van der Waals surface area contributed by atoms with Crippen LogP contribution >= 0.6 is 11.6 Å². The van der Waals surface area contributed by atoms with Crippen LogP contribution in [0.3, 0.4) is 0 Å². The molecular formula is C40H42ClMnN7O5. The molecule has 3 aromatic heterocycles. The van der Waals surface area contributed by atoms with E-state index >= 15 is 0 Å². The Morgan fingerprint density at radius 3 is 2.57 bits per heavy atom. The third-order valence-corrected chi connectivity index (χ3v) is 11.1. The van der Waals surface area contributed by atoms with Gasteiger partial charge in [0.05, 0.1) is 24.9 Å². The molecule has 14 heteroatoms. The first-order valence-corrected chi connectivity index (χ1v) is 18.0. The smallest absolute Gasteiger partial charge is 0.481 e. The second-order valence-corrected chi connectivity index (χ2v) is 14.3. The van der Waals surface area contributed by atoms with E-state index in [1.165, 1.54) is 28.9 Å². The third-order valence-electron chi connectivity index (χ3n) is 10.7. The number of fused-ring (bicyclic) bond motifs is 2. The average Bonchev–Trinajstić information content (AvgIpc) is 3.88. The summed E-state index contributed by atoms with van der Waals surface area (Å²) in [5.74, 6) is 0.661. The predicted molar refractivity (Wildman–Crippen MR) is 203 cm³/mol. The number of urea groups is 1. The number of nitrogens with one attached hydrogen (secondary N) is 1. The number of aryl methyl sites for hydroxylation is 3. The molecule has 0 saturated carbocycles. The number of ether oxygens (including phenoxy) is 2. The van der Waals surface area contributed by atoms with E-state index < -0.39 is 0 Å². The maximum atomic E-state index is 12.6. The molecule has 281 valence electrons. The van der Waals surface area contributed by atoms with Gasteiger partial charge in [-0.25, -0.2) is 14.6 Å². The number of hydrogen-bond acceptors (Lipinski definition) is 8. The van der Waals surface area contributed by atoms with Crippen LogP contribution in [-0.4, -0.2) is 87.5 Å². The number of likely N-dealkylation sites (tertiary alicyclic amines) is 1. The molecule has 8 rings (SSSR count). The van der Waals surface area contributed by atoms with E-state index in [0.29, 0.717) is 41.5 Å². The van der Waals surface area contributed by atoms with Gasteiger partial charge in [0.2, 0.25) is 5.88 Å². The van der Waals surface area contributed by atoms with Gasteiger partial charge >= 0.3 is 28.8 Å². The number of halogens is 1. The van der Waals surface area contributed by atoms with E-state index in [1.807, 2.05) is 42.2 Å². The number of methoxy groups -OCH3 is 2. The standard InChI is InChI=1S/C31H34ClN4O3.C9H8N3O2.Mn/c1-20-7-4-5-8-22(20)23-9-6-10-24(28(23)32)25-17-21-11-12-26(27(21)29(33-25)39-3)35-14-13-31(18-35)19-36(15-16-38-2)30(37)34-31;1-11-7-3-4-10-5-6(7)8(13)12(2)9(11)14;/h4-6,8-10,17,26H,11-16,18-19H2,1-3H3,(H,34,37);3-4H,1-2H3;/q2*-1;+2. The molecule has 3 aliphatic rings. The van der Waals surface area contributed by atoms with Crippen LogP contribution in [0.2, 0.25) is 5.02 Å². The van der Waals surface area contributed by atoms with Crippen molar-refractivity contribution in [2.75, 3.05) is 47.0 Å². The summed E-state index contributed by atoms with van der Waals surface area (Å²) >= 11 is 7.00. The largest absolute Gasteiger partial charge is 2.00 e. The number of carbonyl (C=O) groups is 1. The van der Waals surface area contributed by atoms with Gasteiger partial charge in [-0.15, -0.1) is 11.6 Å². The molecule has 5 heterocycles. The van der Waals surface area contributed by atoms with E-state index in [2.05, 4.69) is 39.6 Å². The fourth-order valence-corrected chi connectivity index (χ4v) is 8.25. The van der Waals surface area contributed by atoms with Gasteiger partial charge in [0.1, 0.15) is 0 Å². The molecule has 2 atom stereocenters. The zero-order chi connectivity index (χ0) is 37.4. The van der Waals surface area contributed by atoms with Crippen molar-refractivity contribution in [3.8, 4) is 28.3 Å². The van der Waals surface area contributed by atoms with E-state index in [4.69, 9.17) is 26.1 Å². The zero-order valence-electron chi connectivity index (χ0n) is 30.9. The van der Waals surface area contributed by atoms with Crippen LogP contribution in [0.1, 0.15) is 35.6 Å². The number of rotatable bonds is 7. The summed E-state index contributed by atoms with van der Waals surface area (Å²) in [6, 6.07) is 19.4. The van der Waals surface area contributed by atoms with Crippen molar-refractivity contribution >= 4 is 28.5 Å². The van der Waals surface area contributed by atoms with Crippen LogP contribution in [-0.2, 0) is 42.3 Å². The van der Waals surface area contributed by atoms with E-state index in [-0.39, 0.29) is 45.9 Å². The van der Waals surface area contributed by atoms with Crippen molar-refractivity contribution in [3.63, 3.8) is 0 Å². The predicted octanol–water partition coefficient (Wildman–Crippen LogP) is 4.72. The summed E-state index contributed by atoms with van der Waals surface area (Å²) < 4.78 is 13.5. The number of carbonyl (C=O) groups excluding carboxylic acids is 1. The number of nitrogens with zero attached hydrogens (tertiary/aromatic N) is 6. The molecule has 1 aliphatic carbocycles. The second kappa shape index (κ2) is 16.1. The number of amides is 2. The monoisotopic (exact) mass is 790 g/mol. The molecular weight excluding hydrogens is 749 g/mol. The zero-order valence-corrected chi connectivity index (χ0v) is 32.8. The molecule has 2 aliphatic heterocycles. The molecule has 2 aromatic carbocycles. The molecule has 0 bridgehead atoms. The van der Waals surface area contributed by atoms with Gasteiger partial charge in [0.25, 0.3) is 0 Å². The van der Waals surface area contributed by atoms with Gasteiger partial charge in [-0.2, -0.15) is 29.8 Å². The first kappa shape index (κ1) is 39.2. The van der Waals surface area contributed by atoms with Crippen LogP contribution in [0.5, 0.6) is 5.88 Å². The summed E-state index contributed by atoms with van der Waals surface area (Å²) in [4.78, 5) is 48.8. The minimum Gasteiger partial charge on any atom is -0.481 e. The number of benzene rings is 2. The topological polar surface area (TPSA) is 124 Å². The van der Waals surface area contributed by atoms with Gasteiger partial charge in [0.15, 0.2) is 5.56 Å². The van der Waals surface area contributed by atoms with Crippen molar-refractivity contribution in [1.82, 2.24) is 34.2 Å². The van der Waals surface area contributed by atoms with Gasteiger partial charge < -0.3 is 38.6 Å². The minimum absolute atomic E-state index is 0. The molecule has 2 unspecified atom stereocenters. The molecule has 2 amide bonds. The summed E-state index contributed by atoms with van der Waals surface area (Å²) in [6.45, 7) is 5.67. The normalized spacial score (nSPS) is 19.0. The van der Waals surface area contributed by atoms with Crippen LogP contribution in [0.4, 0.5) is 4.79 Å². The summed E-state index contributed by atoms with van der Waals surface area (Å²) in [5.41, 5.74) is 6.87. The van der Waals surface area contributed by atoms with Crippen LogP contribution < -0.4 is 21.3 Å². The number of hydrogen-bond donors (Lipinski definition) is 1. The van der Waals surface area contributed by atoms with Crippen LogP contribution in [0.25, 0.3) is 33.3 Å². The summed E-state index contributed by atoms with van der Waals surface area (Å²) in [6.07, 6.45) is 6.97. The molecule has 2 saturated heterocycles. The number of pyridine rings is 2. The van der Waals surface area contributed by atoms with Crippen molar-refractivity contribution in [3.05, 3.63) is 110 Å². The number of aromatic nitrogens is 4. The first-order chi connectivity index (χ1) is 25.6. The Bertz CT molecular complexity index is 2330. The Kier molecular flexibility index (Phi) is 11.7. The third kappa shape index (κ3) is 7.19. The fraction of sp³-hybridized carbons (Fsp3) is 0.375. The molecule has 1 spiro atoms. The second-order valence-electron chi connectivity index (χ2n) is 13.9. The van der Waals surface area contributed by atoms with Gasteiger partial charge in [-0.3, -0.25) is 4.90 Å². The van der Waals surface area contributed by atoms with Crippen LogP contribution in [0, 0.1) is 19.2 Å². The Morgan fingerprint density at radius 1 is 1.04 bits per heavy atom. The SMILES string of the molecule is COCCN1CC2(CCN(C3CCc4cc(-c5cccc(-c6ccc[c-]c6C)c5Cl)nc(OC)c43)C2)NC1=O.Cn1c(=O)c2[c-]nccc2n(C)c1=O.[Mn+2]. The van der Waals surface area contributed by atoms with Crippen molar-refractivity contribution in [1.29, 1.82) is 0 Å². The molecule has 12 nitrogen and oxygen atoms in total. The van der Waals surface area contributed by atoms with E-state index in [9.17, 15) is 14.4 Å². The van der Waals surface area contributed by atoms with Gasteiger partial charge in [-0.1, -0.05) is 48.5 Å². The summed E-state index contributed by atoms with van der Waals surface area (Å²) in [7, 11) is 6.40. The molecule has 1 radical (unpaired) electrons. The van der Waals surface area contributed by atoms with Gasteiger partial charge in [-0.05, 0) is 48.0 Å². The minimum atomic E-state index is -0.365. The summed E-state index contributed by atoms with van der Waals surface area (Å²) in [5, 5.41) is 4.29. The van der Waals surface area contributed by atoms with E-state index in [1.54, 1.807) is 27.3 Å². The maximum Gasteiger partial charge on any atom is 2.00 e. The molecule has 2 fully saturated rings. The van der Waals surface area contributed by atoms with Crippen molar-refractivity contribution in [2.45, 2.75) is 37.8 Å². The molecule has 54 heavy (non-hydrogen) atoms. The van der Waals surface area contributed by atoms with Crippen LogP contribution in [0.15, 0.2) is 64.3 Å². The fourth-order valence-electron chi connectivity index (χ4n) is 7.93. The maximum absolute atomic E-state index is 12.6. The Hall–Kier alpha value is -4.52. The molecule has 5 aromatic rings. The van der Waals surface area contributed by atoms with Crippen molar-refractivity contribution in [2.24, 2.45) is 14.1 Å². The average molecular weight is 791 g/mol.